The summed E-state index contributed by atoms with van der Waals surface area (Å²) in [6, 6.07) is 75.8. The van der Waals surface area contributed by atoms with Gasteiger partial charge in [-0.3, -0.25) is 0 Å². The summed E-state index contributed by atoms with van der Waals surface area (Å²) in [5.41, 5.74) is 12.0. The van der Waals surface area contributed by atoms with Crippen LogP contribution < -0.4 is 4.90 Å². The first kappa shape index (κ1) is 35.0. The number of furan rings is 1. The number of rotatable bonds is 8. The van der Waals surface area contributed by atoms with E-state index in [2.05, 4.69) is 150 Å². The zero-order chi connectivity index (χ0) is 39.8. The fourth-order valence-electron chi connectivity index (χ4n) is 8.16. The quantitative estimate of drug-likeness (QED) is 0.154. The molecule has 60 heavy (non-hydrogen) atoms. The van der Waals surface area contributed by atoms with E-state index in [1.165, 1.54) is 11.1 Å². The highest BCUT2D eigenvalue weighted by atomic mass is 16.3. The summed E-state index contributed by atoms with van der Waals surface area (Å²) in [5.74, 6) is 1.80. The zero-order valence-electron chi connectivity index (χ0n) is 32.5. The summed E-state index contributed by atoms with van der Waals surface area (Å²) in [6.45, 7) is 0. The molecule has 0 saturated heterocycles. The molecular formula is C55H36N4O. The maximum atomic E-state index is 6.84. The predicted octanol–water partition coefficient (Wildman–Crippen LogP) is 14.7. The second-order valence-electron chi connectivity index (χ2n) is 14.8. The van der Waals surface area contributed by atoms with Crippen LogP contribution in [-0.2, 0) is 0 Å². The highest BCUT2D eigenvalue weighted by molar-refractivity contribution is 6.21. The number of aromatic nitrogens is 3. The van der Waals surface area contributed by atoms with Crippen LogP contribution in [0.2, 0.25) is 0 Å². The Morgan fingerprint density at radius 1 is 0.333 bits per heavy atom. The lowest BCUT2D eigenvalue weighted by Gasteiger charge is -2.26. The number of hydrogen-bond acceptors (Lipinski definition) is 5. The Labute approximate surface area is 347 Å². The molecule has 2 aromatic heterocycles. The first-order valence-corrected chi connectivity index (χ1v) is 20.1. The number of nitrogens with zero attached hydrogens (tertiary/aromatic N) is 4. The van der Waals surface area contributed by atoms with Crippen LogP contribution in [0.15, 0.2) is 223 Å². The average Bonchev–Trinajstić information content (AvgIpc) is 3.72. The lowest BCUT2D eigenvalue weighted by Crippen LogP contribution is -2.09. The minimum atomic E-state index is 0.580. The van der Waals surface area contributed by atoms with Crippen molar-refractivity contribution < 1.29 is 4.42 Å². The minimum Gasteiger partial charge on any atom is -0.455 e. The summed E-state index contributed by atoms with van der Waals surface area (Å²) >= 11 is 0. The fraction of sp³-hybridized carbons (Fsp3) is 0. The van der Waals surface area contributed by atoms with E-state index in [-0.39, 0.29) is 0 Å². The highest BCUT2D eigenvalue weighted by Gasteiger charge is 2.22. The topological polar surface area (TPSA) is 55.1 Å². The van der Waals surface area contributed by atoms with Crippen molar-refractivity contribution >= 4 is 49.8 Å². The normalized spacial score (nSPS) is 11.3. The van der Waals surface area contributed by atoms with E-state index in [0.29, 0.717) is 17.5 Å². The van der Waals surface area contributed by atoms with Gasteiger partial charge in [-0.1, -0.05) is 170 Å². The van der Waals surface area contributed by atoms with Crippen LogP contribution in [0.1, 0.15) is 0 Å². The molecule has 0 radical (unpaired) electrons. The van der Waals surface area contributed by atoms with Crippen LogP contribution in [-0.4, -0.2) is 15.0 Å². The number of anilines is 3. The summed E-state index contributed by atoms with van der Waals surface area (Å²) in [7, 11) is 0. The molecule has 0 unspecified atom stereocenters. The molecule has 9 aromatic carbocycles. The van der Waals surface area contributed by atoms with E-state index in [9.17, 15) is 0 Å². The highest BCUT2D eigenvalue weighted by Crippen LogP contribution is 2.44. The van der Waals surface area contributed by atoms with Gasteiger partial charge in [-0.2, -0.15) is 0 Å². The van der Waals surface area contributed by atoms with Gasteiger partial charge < -0.3 is 9.32 Å². The van der Waals surface area contributed by atoms with Crippen molar-refractivity contribution in [3.05, 3.63) is 218 Å². The smallest absolute Gasteiger partial charge is 0.164 e. The Hall–Kier alpha value is -8.15. The molecule has 0 aliphatic rings. The van der Waals surface area contributed by atoms with Gasteiger partial charge in [-0.15, -0.1) is 0 Å². The lowest BCUT2D eigenvalue weighted by molar-refractivity contribution is 0.672. The minimum absolute atomic E-state index is 0.580. The van der Waals surface area contributed by atoms with Crippen molar-refractivity contribution in [2.45, 2.75) is 0 Å². The average molecular weight is 769 g/mol. The SMILES string of the molecule is c1ccc(-c2ccc(N(c3ccc(-c4ccccc4)cc3)c3ccc4oc5c6ccccc6cc(-c6nc(-c7ccccc7)nc(-c7ccccc7)n6)c5c4c3)cc2)cc1. The molecule has 5 nitrogen and oxygen atoms in total. The third-order valence-electron chi connectivity index (χ3n) is 11.1. The van der Waals surface area contributed by atoms with Crippen molar-refractivity contribution in [2.24, 2.45) is 0 Å². The molecule has 0 N–H and O–H groups in total. The van der Waals surface area contributed by atoms with E-state index in [1.54, 1.807) is 0 Å². The maximum absolute atomic E-state index is 6.84. The van der Waals surface area contributed by atoms with Gasteiger partial charge in [-0.05, 0) is 76.2 Å². The second kappa shape index (κ2) is 15.0. The van der Waals surface area contributed by atoms with Crippen LogP contribution in [0.25, 0.3) is 89.1 Å². The molecule has 11 aromatic rings. The number of hydrogen-bond donors (Lipinski definition) is 0. The van der Waals surface area contributed by atoms with Gasteiger partial charge in [0.05, 0.1) is 0 Å². The molecule has 0 atom stereocenters. The molecule has 0 aliphatic carbocycles. The standard InChI is InChI=1S/C55H36N4O/c1-5-15-37(16-6-1)39-25-29-44(30-26-39)59(45-31-27-40(28-32-45)38-17-7-2-8-18-38)46-33-34-50-48(36-46)51-49(35-43-23-13-14-24-47(43)52(51)60-50)55-57-53(41-19-9-3-10-20-41)56-54(58-55)42-21-11-4-12-22-42/h1-36H. The number of benzene rings is 9. The molecule has 0 fully saturated rings. The van der Waals surface area contributed by atoms with Crippen molar-refractivity contribution in [2.75, 3.05) is 4.90 Å². The third kappa shape index (κ3) is 6.45. The van der Waals surface area contributed by atoms with E-state index >= 15 is 0 Å². The molecular weight excluding hydrogens is 733 g/mol. The Morgan fingerprint density at radius 3 is 1.30 bits per heavy atom. The predicted molar refractivity (Wildman–Crippen MR) is 246 cm³/mol. The number of fused-ring (bicyclic) bond motifs is 5. The van der Waals surface area contributed by atoms with Crippen LogP contribution in [0, 0.1) is 0 Å². The van der Waals surface area contributed by atoms with E-state index in [4.69, 9.17) is 19.4 Å². The summed E-state index contributed by atoms with van der Waals surface area (Å²) in [4.78, 5) is 17.7. The molecule has 0 amide bonds. The van der Waals surface area contributed by atoms with Gasteiger partial charge in [0.15, 0.2) is 17.5 Å². The summed E-state index contributed by atoms with van der Waals surface area (Å²) < 4.78 is 6.84. The largest absolute Gasteiger partial charge is 0.455 e. The van der Waals surface area contributed by atoms with Crippen LogP contribution >= 0.6 is 0 Å². The summed E-state index contributed by atoms with van der Waals surface area (Å²) in [5, 5.41) is 3.99. The Balaban J connectivity index is 1.13. The molecule has 0 aliphatic heterocycles. The van der Waals surface area contributed by atoms with Gasteiger partial charge in [0, 0.05) is 49.9 Å². The zero-order valence-corrected chi connectivity index (χ0v) is 32.5. The molecule has 282 valence electrons. The summed E-state index contributed by atoms with van der Waals surface area (Å²) in [6.07, 6.45) is 0. The molecule has 5 heteroatoms. The van der Waals surface area contributed by atoms with E-state index in [1.807, 2.05) is 72.8 Å². The monoisotopic (exact) mass is 768 g/mol. The van der Waals surface area contributed by atoms with Gasteiger partial charge in [0.1, 0.15) is 11.2 Å². The van der Waals surface area contributed by atoms with Gasteiger partial charge >= 0.3 is 0 Å². The Kier molecular flexibility index (Phi) is 8.75. The maximum Gasteiger partial charge on any atom is 0.164 e. The van der Waals surface area contributed by atoms with Gasteiger partial charge in [0.25, 0.3) is 0 Å². The Morgan fingerprint density at radius 2 is 0.767 bits per heavy atom. The van der Waals surface area contributed by atoms with Crippen LogP contribution in [0.3, 0.4) is 0 Å². The van der Waals surface area contributed by atoms with Crippen molar-refractivity contribution in [3.63, 3.8) is 0 Å². The van der Waals surface area contributed by atoms with E-state index < -0.39 is 0 Å². The first-order chi connectivity index (χ1) is 29.7. The fourth-order valence-corrected chi connectivity index (χ4v) is 8.16. The van der Waals surface area contributed by atoms with Crippen molar-refractivity contribution in [3.8, 4) is 56.4 Å². The van der Waals surface area contributed by atoms with Crippen LogP contribution in [0.4, 0.5) is 17.1 Å². The first-order valence-electron chi connectivity index (χ1n) is 20.1. The molecule has 0 saturated carbocycles. The molecule has 2 heterocycles. The van der Waals surface area contributed by atoms with Gasteiger partial charge in [0.2, 0.25) is 0 Å². The van der Waals surface area contributed by atoms with Crippen molar-refractivity contribution in [1.29, 1.82) is 0 Å². The molecule has 11 rings (SSSR count). The third-order valence-corrected chi connectivity index (χ3v) is 11.1. The van der Waals surface area contributed by atoms with Crippen molar-refractivity contribution in [1.82, 2.24) is 15.0 Å². The lowest BCUT2D eigenvalue weighted by atomic mass is 9.99. The van der Waals surface area contributed by atoms with Gasteiger partial charge in [-0.25, -0.2) is 15.0 Å². The second-order valence-corrected chi connectivity index (χ2v) is 14.8. The Bertz CT molecular complexity index is 3140. The van der Waals surface area contributed by atoms with E-state index in [0.717, 1.165) is 77.6 Å². The van der Waals surface area contributed by atoms with Crippen LogP contribution in [0.5, 0.6) is 0 Å². The molecule has 0 bridgehead atoms. The molecule has 0 spiro atoms.